The Bertz CT molecular complexity index is 1150. The molecule has 1 aromatic heterocycles. The largest absolute Gasteiger partial charge is 0.416 e. The number of amides is 2. The second-order valence-corrected chi connectivity index (χ2v) is 8.73. The Morgan fingerprint density at radius 3 is 2.38 bits per heavy atom. The highest BCUT2D eigenvalue weighted by Gasteiger charge is 2.34. The number of para-hydroxylation sites is 1. The smallest absolute Gasteiger partial charge is 0.361 e. The molecule has 1 fully saturated rings. The van der Waals surface area contributed by atoms with Crippen LogP contribution in [-0.4, -0.2) is 45.7 Å². The number of aromatic amines is 1. The van der Waals surface area contributed by atoms with Crippen molar-refractivity contribution in [3.63, 3.8) is 0 Å². The number of halogens is 3. The molecule has 3 aromatic rings. The summed E-state index contributed by atoms with van der Waals surface area (Å²) in [4.78, 5) is 32.2. The van der Waals surface area contributed by atoms with Crippen LogP contribution < -0.4 is 0 Å². The minimum Gasteiger partial charge on any atom is -0.361 e. The Labute approximate surface area is 196 Å². The van der Waals surface area contributed by atoms with Crippen LogP contribution >= 0.6 is 0 Å². The van der Waals surface area contributed by atoms with E-state index in [0.717, 1.165) is 41.4 Å². The molecule has 0 atom stereocenters. The molecule has 180 valence electrons. The Morgan fingerprint density at radius 2 is 1.74 bits per heavy atom. The van der Waals surface area contributed by atoms with Gasteiger partial charge in [-0.1, -0.05) is 37.3 Å². The lowest BCUT2D eigenvalue weighted by Crippen LogP contribution is -2.44. The number of benzene rings is 2. The average molecular weight is 472 g/mol. The van der Waals surface area contributed by atoms with E-state index < -0.39 is 11.7 Å². The molecule has 1 heterocycles. The van der Waals surface area contributed by atoms with Crippen LogP contribution in [0.15, 0.2) is 54.7 Å². The summed E-state index contributed by atoms with van der Waals surface area (Å²) in [7, 11) is 0. The first-order valence-electron chi connectivity index (χ1n) is 11.5. The summed E-state index contributed by atoms with van der Waals surface area (Å²) in [6.45, 7) is 2.34. The standard InChI is InChI=1S/C26H28F3N3O2/c1-2-24(33)32(21-11-12-21)17-25(34)31(16-18-7-9-20(10-8-18)26(27,28)29)14-13-19-15-30-23-6-4-3-5-22(19)23/h3-10,15,21,30H,2,11-14,16-17H2,1H3. The van der Waals surface area contributed by atoms with Gasteiger partial charge in [0.2, 0.25) is 11.8 Å². The minimum absolute atomic E-state index is 0.00808. The number of aromatic nitrogens is 1. The molecular weight excluding hydrogens is 443 g/mol. The molecule has 1 aliphatic rings. The predicted octanol–water partition coefficient (Wildman–Crippen LogP) is 5.16. The molecule has 0 spiro atoms. The number of nitrogens with one attached hydrogen (secondary N) is 1. The zero-order valence-corrected chi connectivity index (χ0v) is 19.1. The van der Waals surface area contributed by atoms with Gasteiger partial charge in [-0.15, -0.1) is 0 Å². The molecule has 0 aliphatic heterocycles. The molecule has 1 aliphatic carbocycles. The molecule has 8 heteroatoms. The first-order chi connectivity index (χ1) is 16.3. The van der Waals surface area contributed by atoms with E-state index in [1.807, 2.05) is 30.5 Å². The maximum absolute atomic E-state index is 13.3. The maximum atomic E-state index is 13.3. The molecule has 1 saturated carbocycles. The number of hydrogen-bond donors (Lipinski definition) is 1. The van der Waals surface area contributed by atoms with Crippen molar-refractivity contribution in [3.05, 3.63) is 71.4 Å². The van der Waals surface area contributed by atoms with Gasteiger partial charge in [0, 0.05) is 42.7 Å². The van der Waals surface area contributed by atoms with E-state index in [4.69, 9.17) is 0 Å². The SMILES string of the molecule is CCC(=O)N(CC(=O)N(CCc1c[nH]c2ccccc12)Cc1ccc(C(F)(F)F)cc1)C1CC1. The highest BCUT2D eigenvalue weighted by atomic mass is 19.4. The fourth-order valence-corrected chi connectivity index (χ4v) is 4.16. The molecule has 0 radical (unpaired) electrons. The van der Waals surface area contributed by atoms with Gasteiger partial charge in [0.1, 0.15) is 6.54 Å². The van der Waals surface area contributed by atoms with Crippen molar-refractivity contribution in [1.82, 2.24) is 14.8 Å². The average Bonchev–Trinajstić information content (AvgIpc) is 3.59. The van der Waals surface area contributed by atoms with Crippen LogP contribution in [0.25, 0.3) is 10.9 Å². The number of alkyl halides is 3. The molecule has 2 aromatic carbocycles. The first-order valence-corrected chi connectivity index (χ1v) is 11.5. The van der Waals surface area contributed by atoms with Gasteiger partial charge >= 0.3 is 6.18 Å². The molecule has 0 saturated heterocycles. The minimum atomic E-state index is -4.41. The highest BCUT2D eigenvalue weighted by Crippen LogP contribution is 2.30. The third-order valence-corrected chi connectivity index (χ3v) is 6.25. The van der Waals surface area contributed by atoms with E-state index in [9.17, 15) is 22.8 Å². The van der Waals surface area contributed by atoms with Crippen molar-refractivity contribution < 1.29 is 22.8 Å². The summed E-state index contributed by atoms with van der Waals surface area (Å²) in [5.74, 6) is -0.254. The molecule has 0 unspecified atom stereocenters. The predicted molar refractivity (Wildman–Crippen MR) is 124 cm³/mol. The van der Waals surface area contributed by atoms with Gasteiger partial charge in [-0.2, -0.15) is 13.2 Å². The Kier molecular flexibility index (Phi) is 6.95. The van der Waals surface area contributed by atoms with E-state index in [-0.39, 0.29) is 30.9 Å². The monoisotopic (exact) mass is 471 g/mol. The number of carbonyl (C=O) groups excluding carboxylic acids is 2. The lowest BCUT2D eigenvalue weighted by molar-refractivity contribution is -0.141. The van der Waals surface area contributed by atoms with Crippen molar-refractivity contribution in [2.24, 2.45) is 0 Å². The number of carbonyl (C=O) groups is 2. The number of hydrogen-bond acceptors (Lipinski definition) is 2. The maximum Gasteiger partial charge on any atom is 0.416 e. The van der Waals surface area contributed by atoms with Gasteiger partial charge in [0.05, 0.1) is 5.56 Å². The van der Waals surface area contributed by atoms with Crippen LogP contribution in [0.5, 0.6) is 0 Å². The van der Waals surface area contributed by atoms with Crippen LogP contribution in [-0.2, 0) is 28.7 Å². The molecule has 0 bridgehead atoms. The van der Waals surface area contributed by atoms with Crippen LogP contribution in [0.3, 0.4) is 0 Å². The normalized spacial score (nSPS) is 13.8. The van der Waals surface area contributed by atoms with E-state index in [1.165, 1.54) is 12.1 Å². The summed E-state index contributed by atoms with van der Waals surface area (Å²) in [5.41, 5.74) is 1.96. The lowest BCUT2D eigenvalue weighted by atomic mass is 10.1. The van der Waals surface area contributed by atoms with Crippen molar-refractivity contribution in [1.29, 1.82) is 0 Å². The number of fused-ring (bicyclic) bond motifs is 1. The van der Waals surface area contributed by atoms with Crippen molar-refractivity contribution in [2.75, 3.05) is 13.1 Å². The Hall–Kier alpha value is -3.29. The van der Waals surface area contributed by atoms with Crippen LogP contribution in [0.4, 0.5) is 13.2 Å². The lowest BCUT2D eigenvalue weighted by Gasteiger charge is -2.28. The van der Waals surface area contributed by atoms with Gasteiger partial charge in [-0.25, -0.2) is 0 Å². The van der Waals surface area contributed by atoms with Gasteiger partial charge in [0.15, 0.2) is 0 Å². The van der Waals surface area contributed by atoms with Gasteiger partial charge in [-0.05, 0) is 48.6 Å². The Balaban J connectivity index is 1.52. The van der Waals surface area contributed by atoms with Crippen molar-refractivity contribution >= 4 is 22.7 Å². The van der Waals surface area contributed by atoms with E-state index in [2.05, 4.69) is 4.98 Å². The number of nitrogens with zero attached hydrogens (tertiary/aromatic N) is 2. The molecule has 2 amide bonds. The fraction of sp³-hybridized carbons (Fsp3) is 0.385. The number of H-pyrrole nitrogens is 1. The zero-order valence-electron chi connectivity index (χ0n) is 19.1. The zero-order chi connectivity index (χ0) is 24.3. The van der Waals surface area contributed by atoms with Crippen LogP contribution in [0, 0.1) is 0 Å². The summed E-state index contributed by atoms with van der Waals surface area (Å²) in [5, 5.41) is 1.07. The van der Waals surface area contributed by atoms with Crippen molar-refractivity contribution in [3.8, 4) is 0 Å². The third-order valence-electron chi connectivity index (χ3n) is 6.25. The van der Waals surface area contributed by atoms with E-state index in [0.29, 0.717) is 24.9 Å². The quantitative estimate of drug-likeness (QED) is 0.469. The summed E-state index contributed by atoms with van der Waals surface area (Å²) in [6, 6.07) is 12.9. The summed E-state index contributed by atoms with van der Waals surface area (Å²) in [6.07, 6.45) is 0.220. The van der Waals surface area contributed by atoms with Gasteiger partial charge in [-0.3, -0.25) is 9.59 Å². The Morgan fingerprint density at radius 1 is 1.03 bits per heavy atom. The fourth-order valence-electron chi connectivity index (χ4n) is 4.16. The highest BCUT2D eigenvalue weighted by molar-refractivity contribution is 5.85. The van der Waals surface area contributed by atoms with Crippen LogP contribution in [0.2, 0.25) is 0 Å². The molecule has 34 heavy (non-hydrogen) atoms. The molecule has 4 rings (SSSR count). The number of rotatable bonds is 9. The third kappa shape index (κ3) is 5.61. The molecular formula is C26H28F3N3O2. The van der Waals surface area contributed by atoms with E-state index >= 15 is 0 Å². The van der Waals surface area contributed by atoms with Crippen LogP contribution in [0.1, 0.15) is 42.9 Å². The van der Waals surface area contributed by atoms with Gasteiger partial charge in [0.25, 0.3) is 0 Å². The second kappa shape index (κ2) is 9.91. The molecule has 5 nitrogen and oxygen atoms in total. The summed E-state index contributed by atoms with van der Waals surface area (Å²) >= 11 is 0. The van der Waals surface area contributed by atoms with Gasteiger partial charge < -0.3 is 14.8 Å². The molecule has 1 N–H and O–H groups in total. The topological polar surface area (TPSA) is 56.4 Å². The van der Waals surface area contributed by atoms with Crippen molar-refractivity contribution in [2.45, 2.75) is 51.4 Å². The summed E-state index contributed by atoms with van der Waals surface area (Å²) < 4.78 is 38.8. The first kappa shape index (κ1) is 23.9. The second-order valence-electron chi connectivity index (χ2n) is 8.73. The van der Waals surface area contributed by atoms with E-state index in [1.54, 1.807) is 16.7 Å².